The van der Waals surface area contributed by atoms with Crippen LogP contribution in [0.5, 0.6) is 0 Å². The Morgan fingerprint density at radius 3 is 2.75 bits per heavy atom. The van der Waals surface area contributed by atoms with Crippen molar-refractivity contribution in [3.8, 4) is 0 Å². The molecule has 0 spiro atoms. The molecule has 0 saturated heterocycles. The number of aromatic amines is 1. The van der Waals surface area contributed by atoms with Gasteiger partial charge in [-0.05, 0) is 24.4 Å². The number of benzene rings is 1. The Hall–Kier alpha value is -1.00. The lowest BCUT2D eigenvalue weighted by atomic mass is 10.3. The van der Waals surface area contributed by atoms with E-state index in [1.807, 2.05) is 24.3 Å². The number of fused-ring (bicyclic) bond motifs is 1. The van der Waals surface area contributed by atoms with Gasteiger partial charge in [-0.1, -0.05) is 24.4 Å². The highest BCUT2D eigenvalue weighted by Gasteiger charge is 1.94. The lowest BCUT2D eigenvalue weighted by Gasteiger charge is -1.94. The molecular weight excluding hydrogens is 190 g/mol. The predicted molar refractivity (Wildman–Crippen MR) is 52.2 cm³/mol. The zero-order valence-electron chi connectivity index (χ0n) is 6.03. The Bertz CT molecular complexity index is 526. The van der Waals surface area contributed by atoms with Gasteiger partial charge in [-0.3, -0.25) is 0 Å². The van der Waals surface area contributed by atoms with Gasteiger partial charge in [0.25, 0.3) is 4.84 Å². The molecule has 0 radical (unpaired) electrons. The summed E-state index contributed by atoms with van der Waals surface area (Å²) in [5, 5.41) is 0.890. The highest BCUT2D eigenvalue weighted by atomic mass is 32.1. The lowest BCUT2D eigenvalue weighted by Crippen LogP contribution is -1.78. The zero-order chi connectivity index (χ0) is 8.55. The van der Waals surface area contributed by atoms with E-state index in [0.717, 1.165) is 11.0 Å². The fraction of sp³-hybridized carbons (Fsp3) is 0. The second kappa shape index (κ2) is 2.80. The second-order valence-corrected chi connectivity index (χ2v) is 3.12. The van der Waals surface area contributed by atoms with Crippen LogP contribution in [0, 0.1) is 9.48 Å². The standard InChI is InChI=1S/C8H5NOS2/c11-7-5-3-1-2-4-6(5)10-8(12)9-7/h1-4H,(H,9,11,12). The smallest absolute Gasteiger partial charge is 0.267 e. The largest absolute Gasteiger partial charge is 0.431 e. The molecule has 0 bridgehead atoms. The molecule has 1 aromatic heterocycles. The van der Waals surface area contributed by atoms with Crippen molar-refractivity contribution < 1.29 is 4.42 Å². The summed E-state index contributed by atoms with van der Waals surface area (Å²) in [4.78, 5) is 3.09. The number of aromatic nitrogens is 1. The van der Waals surface area contributed by atoms with E-state index in [1.165, 1.54) is 0 Å². The molecule has 2 aromatic rings. The van der Waals surface area contributed by atoms with E-state index in [-0.39, 0.29) is 0 Å². The van der Waals surface area contributed by atoms with E-state index < -0.39 is 0 Å². The maximum absolute atomic E-state index is 5.24. The Morgan fingerprint density at radius 1 is 1.17 bits per heavy atom. The van der Waals surface area contributed by atoms with Crippen LogP contribution < -0.4 is 0 Å². The van der Waals surface area contributed by atoms with Crippen LogP contribution in [0.3, 0.4) is 0 Å². The Kier molecular flexibility index (Phi) is 1.78. The number of hydrogen-bond donors (Lipinski definition) is 1. The third kappa shape index (κ3) is 1.19. The van der Waals surface area contributed by atoms with Crippen LogP contribution in [-0.4, -0.2) is 4.98 Å². The molecule has 0 saturated carbocycles. The first-order valence-electron chi connectivity index (χ1n) is 3.39. The van der Waals surface area contributed by atoms with Crippen molar-refractivity contribution in [2.24, 2.45) is 0 Å². The molecule has 1 N–H and O–H groups in total. The number of nitrogens with one attached hydrogen (secondary N) is 1. The van der Waals surface area contributed by atoms with E-state index in [0.29, 0.717) is 9.48 Å². The highest BCUT2D eigenvalue weighted by molar-refractivity contribution is 7.72. The predicted octanol–water partition coefficient (Wildman–Crippen LogP) is 3.22. The molecule has 4 heteroatoms. The second-order valence-electron chi connectivity index (χ2n) is 2.34. The molecule has 0 aliphatic heterocycles. The summed E-state index contributed by atoms with van der Waals surface area (Å²) in [7, 11) is 0. The molecule has 2 rings (SSSR count). The minimum Gasteiger partial charge on any atom is -0.431 e. The monoisotopic (exact) mass is 195 g/mol. The molecule has 60 valence electrons. The van der Waals surface area contributed by atoms with Gasteiger partial charge in [-0.15, -0.1) is 0 Å². The molecular formula is C8H5NOS2. The van der Waals surface area contributed by atoms with Gasteiger partial charge < -0.3 is 9.40 Å². The van der Waals surface area contributed by atoms with Crippen LogP contribution in [0.4, 0.5) is 0 Å². The maximum Gasteiger partial charge on any atom is 0.267 e. The SMILES string of the molecule is S=c1[nH]c(=S)c2ccccc2o1. The van der Waals surface area contributed by atoms with Gasteiger partial charge in [0.1, 0.15) is 10.2 Å². The molecule has 0 amide bonds. The molecule has 0 fully saturated rings. The Morgan fingerprint density at radius 2 is 1.92 bits per heavy atom. The Labute approximate surface area is 78.9 Å². The molecule has 0 unspecified atom stereocenters. The first-order chi connectivity index (χ1) is 5.77. The molecule has 0 aliphatic rings. The van der Waals surface area contributed by atoms with Crippen LogP contribution >= 0.6 is 24.4 Å². The van der Waals surface area contributed by atoms with Crippen LogP contribution in [-0.2, 0) is 0 Å². The van der Waals surface area contributed by atoms with Crippen LogP contribution in [0.2, 0.25) is 0 Å². The van der Waals surface area contributed by atoms with Crippen molar-refractivity contribution in [1.82, 2.24) is 4.98 Å². The van der Waals surface area contributed by atoms with Crippen LogP contribution in [0.15, 0.2) is 28.7 Å². The molecule has 1 heterocycles. The van der Waals surface area contributed by atoms with Gasteiger partial charge in [0.05, 0.1) is 5.39 Å². The average molecular weight is 195 g/mol. The number of H-pyrrole nitrogens is 1. The summed E-state index contributed by atoms with van der Waals surface area (Å²) in [5.41, 5.74) is 0.728. The van der Waals surface area contributed by atoms with Gasteiger partial charge in [0, 0.05) is 0 Å². The fourth-order valence-electron chi connectivity index (χ4n) is 1.03. The molecule has 0 aliphatic carbocycles. The van der Waals surface area contributed by atoms with E-state index in [2.05, 4.69) is 4.98 Å². The third-order valence-electron chi connectivity index (χ3n) is 1.55. The summed E-state index contributed by atoms with van der Waals surface area (Å²) in [6, 6.07) is 7.53. The summed E-state index contributed by atoms with van der Waals surface area (Å²) in [6.45, 7) is 0. The number of hydrogen-bond acceptors (Lipinski definition) is 3. The van der Waals surface area contributed by atoms with Crippen LogP contribution in [0.1, 0.15) is 0 Å². The minimum absolute atomic E-state index is 0.318. The summed E-state index contributed by atoms with van der Waals surface area (Å²) >= 11 is 9.90. The van der Waals surface area contributed by atoms with Crippen molar-refractivity contribution in [3.05, 3.63) is 33.7 Å². The van der Waals surface area contributed by atoms with E-state index >= 15 is 0 Å². The zero-order valence-corrected chi connectivity index (χ0v) is 7.67. The van der Waals surface area contributed by atoms with E-state index in [4.69, 9.17) is 28.9 Å². The van der Waals surface area contributed by atoms with Gasteiger partial charge in [-0.25, -0.2) is 0 Å². The third-order valence-corrected chi connectivity index (χ3v) is 2.06. The molecule has 12 heavy (non-hydrogen) atoms. The number of para-hydroxylation sites is 1. The summed E-state index contributed by atoms with van der Waals surface area (Å²) in [5.74, 6) is 0. The quantitative estimate of drug-likeness (QED) is 0.654. The topological polar surface area (TPSA) is 28.9 Å². The Balaban J connectivity index is 3.09. The molecule has 0 atom stereocenters. The maximum atomic E-state index is 5.24. The van der Waals surface area contributed by atoms with Crippen LogP contribution in [0.25, 0.3) is 11.0 Å². The van der Waals surface area contributed by atoms with Gasteiger partial charge in [0.15, 0.2) is 0 Å². The number of rotatable bonds is 0. The van der Waals surface area contributed by atoms with Gasteiger partial charge in [0.2, 0.25) is 0 Å². The van der Waals surface area contributed by atoms with Gasteiger partial charge in [-0.2, -0.15) is 0 Å². The van der Waals surface area contributed by atoms with E-state index in [9.17, 15) is 0 Å². The van der Waals surface area contributed by atoms with E-state index in [1.54, 1.807) is 0 Å². The van der Waals surface area contributed by atoms with Crippen molar-refractivity contribution in [2.75, 3.05) is 0 Å². The highest BCUT2D eigenvalue weighted by Crippen LogP contribution is 2.13. The first-order valence-corrected chi connectivity index (χ1v) is 4.21. The lowest BCUT2D eigenvalue weighted by molar-refractivity contribution is 0.559. The van der Waals surface area contributed by atoms with Crippen molar-refractivity contribution in [3.63, 3.8) is 0 Å². The minimum atomic E-state index is 0.318. The van der Waals surface area contributed by atoms with Crippen molar-refractivity contribution >= 4 is 35.4 Å². The fourth-order valence-corrected chi connectivity index (χ4v) is 1.55. The first kappa shape index (κ1) is 7.64. The summed E-state index contributed by atoms with van der Waals surface area (Å²) < 4.78 is 5.86. The van der Waals surface area contributed by atoms with Crippen molar-refractivity contribution in [2.45, 2.75) is 0 Å². The average Bonchev–Trinajstić information content (AvgIpc) is 2.04. The normalized spacial score (nSPS) is 10.3. The summed E-state index contributed by atoms with van der Waals surface area (Å²) in [6.07, 6.45) is 0. The van der Waals surface area contributed by atoms with Crippen molar-refractivity contribution in [1.29, 1.82) is 0 Å². The molecule has 2 nitrogen and oxygen atoms in total. The molecule has 1 aromatic carbocycles. The van der Waals surface area contributed by atoms with Gasteiger partial charge >= 0.3 is 0 Å².